The van der Waals surface area contributed by atoms with E-state index in [2.05, 4.69) is 0 Å². The average molecular weight is 1780 g/mol. The number of carbonyl (C=O) groups excluding carboxylic acids is 3. The molecule has 0 spiro atoms. The highest BCUT2D eigenvalue weighted by Crippen LogP contribution is 2.62. The number of rotatable bonds is 15. The summed E-state index contributed by atoms with van der Waals surface area (Å²) in [6.45, 7) is -2.80. The molecule has 12 heterocycles. The van der Waals surface area contributed by atoms with Crippen LogP contribution < -0.4 is 56.8 Å². The van der Waals surface area contributed by atoms with E-state index in [-0.39, 0.29) is 136 Å². The predicted octanol–water partition coefficient (Wildman–Crippen LogP) is 4.02. The summed E-state index contributed by atoms with van der Waals surface area (Å²) >= 11 is 0. The normalized spacial score (nSPS) is 40.0. The molecule has 3 aliphatic carbocycles. The molecule has 30 atom stereocenters. The van der Waals surface area contributed by atoms with Crippen molar-refractivity contribution in [2.24, 2.45) is 35.5 Å². The number of methoxy groups -OCH3 is 6. The molecule has 15 aliphatic rings. The molecular weight excluding hydrogens is 1670 g/mol. The van der Waals surface area contributed by atoms with Crippen LogP contribution >= 0.6 is 0 Å². The standard InChI is InChI=1S/3C29H32O13/c3*1-11-36-9-20-27(40-11)24(31)25(32)29(41-20)42-26-14-7-17-16(38-10-39-17)6-13(14)21(22-15(26)8-37-28(22)33)12-4-18(34-2)23(30)19(5-12)35-3/h3*4-7,11,15,20-22,24-27,29-32H,8-10H2,1-3H3/t3*11-,15+,20-,21-,22+,24-,25-,26-,27-,29+/m111/s1/i2D3,3D3,10D2;10D2,21D;10D2. The van der Waals surface area contributed by atoms with Crippen molar-refractivity contribution in [1.82, 2.24) is 0 Å². The third kappa shape index (κ3) is 14.8. The molecular formula is C87H96O39. The number of fused-ring (bicyclic) bond motifs is 12. The first kappa shape index (κ1) is 71.0. The van der Waals surface area contributed by atoms with E-state index in [0.29, 0.717) is 22.3 Å². The number of aliphatic hydroxyl groups is 6. The Morgan fingerprint density at radius 3 is 0.937 bits per heavy atom. The Hall–Kier alpha value is -9.99. The van der Waals surface area contributed by atoms with Gasteiger partial charge in [-0.25, -0.2) is 0 Å². The Balaban J connectivity index is 0.000000133. The number of phenols is 3. The smallest absolute Gasteiger partial charge is 0.310 e. The molecule has 9 fully saturated rings. The highest BCUT2D eigenvalue weighted by Gasteiger charge is 2.61. The van der Waals surface area contributed by atoms with E-state index in [4.69, 9.17) is 144 Å². The summed E-state index contributed by atoms with van der Waals surface area (Å²) in [5.41, 5.74) is 2.79. The molecule has 0 unspecified atom stereocenters. The number of carbonyl (C=O) groups is 3. The molecule has 12 aliphatic heterocycles. The quantitative estimate of drug-likeness (QED) is 0.0518. The summed E-state index contributed by atoms with van der Waals surface area (Å²) in [6.07, 6.45) is -23.1. The molecule has 0 aromatic heterocycles. The topological polar surface area (TPSA) is 482 Å². The van der Waals surface area contributed by atoms with Gasteiger partial charge >= 0.3 is 17.9 Å². The lowest BCUT2D eigenvalue weighted by atomic mass is 9.66. The first-order valence-corrected chi connectivity index (χ1v) is 40.3. The molecule has 126 heavy (non-hydrogen) atoms. The van der Waals surface area contributed by atoms with E-state index in [9.17, 15) is 61.7 Å². The van der Waals surface area contributed by atoms with Crippen LogP contribution in [-0.4, -0.2) is 277 Å². The zero-order chi connectivity index (χ0) is 99.2. The Kier molecular flexibility index (Phi) is 19.3. The molecule has 6 aromatic rings. The van der Waals surface area contributed by atoms with Crippen molar-refractivity contribution >= 4 is 17.9 Å². The second-order valence-electron chi connectivity index (χ2n) is 32.2. The van der Waals surface area contributed by atoms with Gasteiger partial charge < -0.3 is 174 Å². The average Bonchev–Trinajstić information content (AvgIpc) is 1.41. The van der Waals surface area contributed by atoms with Gasteiger partial charge in [-0.05, 0) is 144 Å². The fraction of sp³-hybridized carbons (Fsp3) is 0.552. The second kappa shape index (κ2) is 34.2. The first-order chi connectivity index (χ1) is 65.6. The van der Waals surface area contributed by atoms with E-state index in [1.54, 1.807) is 45.0 Å². The number of aliphatic hydroxyl groups excluding tert-OH is 6. The highest BCUT2D eigenvalue weighted by molar-refractivity contribution is 5.81. The molecule has 9 saturated heterocycles. The third-order valence-corrected chi connectivity index (χ3v) is 25.4. The highest BCUT2D eigenvalue weighted by atomic mass is 16.8. The van der Waals surface area contributed by atoms with Crippen molar-refractivity contribution in [2.75, 3.05) is 102 Å². The van der Waals surface area contributed by atoms with Crippen LogP contribution in [0.4, 0.5) is 0 Å². The molecule has 678 valence electrons. The first-order valence-electron chi connectivity index (χ1n) is 46.8. The number of cyclic esters (lactones) is 3. The zero-order valence-corrected chi connectivity index (χ0v) is 67.7. The minimum Gasteiger partial charge on any atom is -0.502 e. The number of aromatic hydroxyl groups is 3. The van der Waals surface area contributed by atoms with Crippen LogP contribution in [0.25, 0.3) is 0 Å². The largest absolute Gasteiger partial charge is 0.502 e. The minimum absolute atomic E-state index is 0.00982. The monoisotopic (exact) mass is 1780 g/mol. The van der Waals surface area contributed by atoms with E-state index in [0.717, 1.165) is 12.1 Å². The van der Waals surface area contributed by atoms with Gasteiger partial charge in [0.25, 0.3) is 0 Å². The molecule has 39 heteroatoms. The molecule has 0 amide bonds. The number of esters is 3. The number of phenolic OH excluding ortho intramolecular Hbond substituents is 3. The van der Waals surface area contributed by atoms with Crippen molar-refractivity contribution in [3.63, 3.8) is 0 Å². The Bertz CT molecular complexity index is 5650. The van der Waals surface area contributed by atoms with Gasteiger partial charge in [-0.2, -0.15) is 0 Å². The lowest BCUT2D eigenvalue weighted by Gasteiger charge is -2.47. The van der Waals surface area contributed by atoms with Crippen molar-refractivity contribution in [1.29, 1.82) is 0 Å². The maximum Gasteiger partial charge on any atom is 0.310 e. The van der Waals surface area contributed by atoms with Crippen LogP contribution in [0, 0.1) is 35.5 Å². The van der Waals surface area contributed by atoms with E-state index >= 15 is 0 Å². The van der Waals surface area contributed by atoms with Crippen molar-refractivity contribution in [3.8, 4) is 86.2 Å². The maximum atomic E-state index is 13.6. The second-order valence-corrected chi connectivity index (χ2v) is 32.2. The number of ether oxygens (including phenoxy) is 27. The lowest BCUT2D eigenvalue weighted by molar-refractivity contribution is -0.364. The van der Waals surface area contributed by atoms with E-state index in [1.807, 2.05) is 0 Å². The van der Waals surface area contributed by atoms with Crippen LogP contribution in [0.5, 0.6) is 86.2 Å². The Labute approximate surface area is 736 Å². The molecule has 9 N–H and O–H groups in total. The van der Waals surface area contributed by atoms with Crippen molar-refractivity contribution in [2.45, 2.75) is 168 Å². The molecule has 0 saturated carbocycles. The van der Waals surface area contributed by atoms with Crippen LogP contribution in [0.2, 0.25) is 0 Å². The van der Waals surface area contributed by atoms with Gasteiger partial charge in [-0.15, -0.1) is 0 Å². The minimum atomic E-state index is -3.10. The number of hydrogen-bond donors (Lipinski definition) is 9. The van der Waals surface area contributed by atoms with Gasteiger partial charge in [0.05, 0.1) is 126 Å². The van der Waals surface area contributed by atoms with Gasteiger partial charge in [0.2, 0.25) is 37.5 Å². The van der Waals surface area contributed by atoms with E-state index < -0.39 is 252 Å². The fourth-order valence-electron chi connectivity index (χ4n) is 19.5. The van der Waals surface area contributed by atoms with Crippen LogP contribution in [-0.2, 0) is 85.4 Å². The lowest BCUT2D eigenvalue weighted by Crippen LogP contribution is -2.63. The SMILES string of the molecule is [2H]C([2H])([2H])Oc1cc([C@@H]2c3cc4c(cc3[C@@H](O[C@@H]3O[C@@H]5CO[C@@H](C)O[C@H]5[C@H](O)[C@H]3O)[C@H]3COC(=O)[C@H]23)OC([2H])([2H])O4)cc(OC([2H])([2H])[2H])c1O.[2H]C1([2H])Oc2cc3c(cc2O1)[C@@H](O[C@@H]1O[C@@H]2CO[C@@H](C)O[C@H]2[C@H](O)[C@H]1O)[C@H]1COC(=O)[C@@H]1[C@@H]3c1cc(OC)c(O)c(OC)c1.[2H]C1([2H])Oc2cc3c(cc2O1)[C@@]([2H])(c1cc(OC)c(O)c(OC)c1)[C@H]1C(=O)OC[C@@H]1[C@@H]3O[C@@H]1O[C@@H]2CO[C@@H](C)O[C@H]2[C@H](O)[C@H]1O. The van der Waals surface area contributed by atoms with E-state index in [1.165, 1.54) is 64.8 Å². The maximum absolute atomic E-state index is 13.6. The summed E-state index contributed by atoms with van der Waals surface area (Å²) in [5, 5.41) is 98.0. The summed E-state index contributed by atoms with van der Waals surface area (Å²) in [6, 6.07) is 17.1. The Morgan fingerprint density at radius 1 is 0.341 bits per heavy atom. The Morgan fingerprint density at radius 2 is 0.619 bits per heavy atom. The van der Waals surface area contributed by atoms with Crippen molar-refractivity contribution < 1.29 is 206 Å². The van der Waals surface area contributed by atoms with Crippen LogP contribution in [0.1, 0.15) is 125 Å². The van der Waals surface area contributed by atoms with Gasteiger partial charge in [0.15, 0.2) is 107 Å². The predicted molar refractivity (Wildman–Crippen MR) is 415 cm³/mol. The number of benzene rings is 6. The summed E-state index contributed by atoms with van der Waals surface area (Å²) in [5.74, 6) is -13.7. The van der Waals surface area contributed by atoms with Gasteiger partial charge in [0.1, 0.15) is 81.5 Å². The molecule has 39 nitrogen and oxygen atoms in total. The molecule has 6 aromatic carbocycles. The summed E-state index contributed by atoms with van der Waals surface area (Å²) in [7, 11) is -0.752. The van der Waals surface area contributed by atoms with Crippen molar-refractivity contribution in [3.05, 3.63) is 123 Å². The molecule has 0 radical (unpaired) electrons. The van der Waals surface area contributed by atoms with Crippen LogP contribution in [0.15, 0.2) is 72.8 Å². The molecule has 0 bridgehead atoms. The van der Waals surface area contributed by atoms with Gasteiger partial charge in [0, 0.05) is 36.9 Å². The third-order valence-electron chi connectivity index (χ3n) is 25.4. The zero-order valence-electron chi connectivity index (χ0n) is 80.7. The summed E-state index contributed by atoms with van der Waals surface area (Å²) < 4.78 is 255. The molecule has 21 rings (SSSR count). The fourth-order valence-corrected chi connectivity index (χ4v) is 19.5. The van der Waals surface area contributed by atoms with Gasteiger partial charge in [-0.1, -0.05) is 0 Å². The van der Waals surface area contributed by atoms with Gasteiger partial charge in [-0.3, -0.25) is 14.4 Å². The summed E-state index contributed by atoms with van der Waals surface area (Å²) in [4.78, 5) is 40.5. The van der Waals surface area contributed by atoms with Crippen LogP contribution in [0.3, 0.4) is 0 Å². The number of hydrogen-bond acceptors (Lipinski definition) is 39.